The molecule has 0 aromatic rings. The SMILES string of the molecule is O=S(=O)(Cl)CCC1CCOC1. The van der Waals surface area contributed by atoms with E-state index in [-0.39, 0.29) is 5.75 Å². The molecule has 1 fully saturated rings. The third-order valence-corrected chi connectivity index (χ3v) is 2.98. The summed E-state index contributed by atoms with van der Waals surface area (Å²) in [5.74, 6) is 0.464. The van der Waals surface area contributed by atoms with Crippen LogP contribution in [0, 0.1) is 5.92 Å². The molecule has 0 amide bonds. The van der Waals surface area contributed by atoms with E-state index in [9.17, 15) is 8.42 Å². The van der Waals surface area contributed by atoms with Crippen LogP contribution in [0.4, 0.5) is 0 Å². The molecule has 1 heterocycles. The molecule has 3 nitrogen and oxygen atoms in total. The standard InChI is InChI=1S/C6H11ClO3S/c7-11(8,9)4-2-6-1-3-10-5-6/h6H,1-5H2. The average Bonchev–Trinajstić information content (AvgIpc) is 2.32. The van der Waals surface area contributed by atoms with E-state index in [0.29, 0.717) is 18.9 Å². The molecule has 0 aromatic carbocycles. The Morgan fingerprint density at radius 3 is 2.73 bits per heavy atom. The number of hydrogen-bond acceptors (Lipinski definition) is 3. The van der Waals surface area contributed by atoms with Crippen molar-refractivity contribution < 1.29 is 13.2 Å². The van der Waals surface area contributed by atoms with Crippen LogP contribution in [-0.4, -0.2) is 27.4 Å². The van der Waals surface area contributed by atoms with Gasteiger partial charge in [-0.25, -0.2) is 8.42 Å². The maximum absolute atomic E-state index is 10.5. The third-order valence-electron chi connectivity index (χ3n) is 1.79. The van der Waals surface area contributed by atoms with Gasteiger partial charge in [-0.2, -0.15) is 0 Å². The normalized spacial score (nSPS) is 25.7. The number of rotatable bonds is 3. The molecule has 11 heavy (non-hydrogen) atoms. The van der Waals surface area contributed by atoms with Crippen LogP contribution in [-0.2, 0) is 13.8 Å². The molecule has 1 unspecified atom stereocenters. The van der Waals surface area contributed by atoms with Gasteiger partial charge in [-0.05, 0) is 18.8 Å². The van der Waals surface area contributed by atoms with E-state index in [0.717, 1.165) is 13.0 Å². The number of halogens is 1. The molecular formula is C6H11ClO3S. The van der Waals surface area contributed by atoms with Gasteiger partial charge in [0.05, 0.1) is 5.75 Å². The summed E-state index contributed by atoms with van der Waals surface area (Å²) in [7, 11) is 1.75. The second-order valence-electron chi connectivity index (χ2n) is 2.76. The van der Waals surface area contributed by atoms with Gasteiger partial charge in [0.25, 0.3) is 0 Å². The Hall–Kier alpha value is 0.200. The van der Waals surface area contributed by atoms with Crippen LogP contribution in [0.5, 0.6) is 0 Å². The summed E-state index contributed by atoms with van der Waals surface area (Å²) < 4.78 is 26.1. The molecule has 0 bridgehead atoms. The first-order chi connectivity index (χ1) is 5.08. The topological polar surface area (TPSA) is 43.4 Å². The molecule has 1 aliphatic heterocycles. The van der Waals surface area contributed by atoms with E-state index >= 15 is 0 Å². The smallest absolute Gasteiger partial charge is 0.232 e. The first-order valence-electron chi connectivity index (χ1n) is 3.58. The van der Waals surface area contributed by atoms with Crippen LogP contribution < -0.4 is 0 Å². The van der Waals surface area contributed by atoms with E-state index in [4.69, 9.17) is 15.4 Å². The fraction of sp³-hybridized carbons (Fsp3) is 1.00. The van der Waals surface area contributed by atoms with E-state index in [1.165, 1.54) is 0 Å². The average molecular weight is 199 g/mol. The summed E-state index contributed by atoms with van der Waals surface area (Å²) in [6, 6.07) is 0. The lowest BCUT2D eigenvalue weighted by Crippen LogP contribution is -2.06. The molecule has 1 atom stereocenters. The predicted molar refractivity (Wildman–Crippen MR) is 43.2 cm³/mol. The summed E-state index contributed by atoms with van der Waals surface area (Å²) >= 11 is 0. The van der Waals surface area contributed by atoms with Gasteiger partial charge >= 0.3 is 0 Å². The van der Waals surface area contributed by atoms with Crippen LogP contribution in [0.15, 0.2) is 0 Å². The Morgan fingerprint density at radius 2 is 2.27 bits per heavy atom. The van der Waals surface area contributed by atoms with Gasteiger partial charge in [0.1, 0.15) is 0 Å². The van der Waals surface area contributed by atoms with Gasteiger partial charge < -0.3 is 4.74 Å². The van der Waals surface area contributed by atoms with Crippen LogP contribution in [0.3, 0.4) is 0 Å². The first kappa shape index (κ1) is 9.29. The summed E-state index contributed by atoms with van der Waals surface area (Å²) in [5.41, 5.74) is 0. The largest absolute Gasteiger partial charge is 0.381 e. The minimum absolute atomic E-state index is 0.0720. The van der Waals surface area contributed by atoms with Crippen molar-refractivity contribution in [3.63, 3.8) is 0 Å². The third kappa shape index (κ3) is 3.94. The lowest BCUT2D eigenvalue weighted by molar-refractivity contribution is 0.185. The minimum Gasteiger partial charge on any atom is -0.381 e. The highest BCUT2D eigenvalue weighted by Gasteiger charge is 2.17. The van der Waals surface area contributed by atoms with Crippen molar-refractivity contribution in [2.24, 2.45) is 5.92 Å². The Bertz CT molecular complexity index is 206. The highest BCUT2D eigenvalue weighted by molar-refractivity contribution is 8.13. The molecule has 0 aliphatic carbocycles. The van der Waals surface area contributed by atoms with Gasteiger partial charge in [-0.3, -0.25) is 0 Å². The zero-order valence-corrected chi connectivity index (χ0v) is 7.70. The van der Waals surface area contributed by atoms with Crippen molar-refractivity contribution in [2.45, 2.75) is 12.8 Å². The highest BCUT2D eigenvalue weighted by atomic mass is 35.7. The second kappa shape index (κ2) is 3.74. The molecule has 0 aromatic heterocycles. The summed E-state index contributed by atoms with van der Waals surface area (Å²) in [6.45, 7) is 1.44. The molecule has 0 saturated carbocycles. The fourth-order valence-electron chi connectivity index (χ4n) is 1.12. The first-order valence-corrected chi connectivity index (χ1v) is 6.06. The van der Waals surface area contributed by atoms with Crippen molar-refractivity contribution in [1.82, 2.24) is 0 Å². The van der Waals surface area contributed by atoms with E-state index in [2.05, 4.69) is 0 Å². The molecule has 5 heteroatoms. The minimum atomic E-state index is -3.29. The van der Waals surface area contributed by atoms with Crippen molar-refractivity contribution in [3.8, 4) is 0 Å². The van der Waals surface area contributed by atoms with Gasteiger partial charge in [-0.15, -0.1) is 0 Å². The molecule has 0 radical (unpaired) electrons. The van der Waals surface area contributed by atoms with Crippen molar-refractivity contribution in [1.29, 1.82) is 0 Å². The quantitative estimate of drug-likeness (QED) is 0.635. The molecular weight excluding hydrogens is 188 g/mol. The summed E-state index contributed by atoms with van der Waals surface area (Å²) in [5, 5.41) is 0. The Balaban J connectivity index is 2.22. The molecule has 66 valence electrons. The van der Waals surface area contributed by atoms with Crippen LogP contribution >= 0.6 is 10.7 Å². The maximum atomic E-state index is 10.5. The lowest BCUT2D eigenvalue weighted by atomic mass is 10.1. The Labute approximate surface area is 71.1 Å². The van der Waals surface area contributed by atoms with Crippen LogP contribution in [0.1, 0.15) is 12.8 Å². The Morgan fingerprint density at radius 1 is 1.55 bits per heavy atom. The monoisotopic (exact) mass is 198 g/mol. The maximum Gasteiger partial charge on any atom is 0.232 e. The van der Waals surface area contributed by atoms with Gasteiger partial charge in [-0.1, -0.05) is 0 Å². The van der Waals surface area contributed by atoms with Gasteiger partial charge in [0.15, 0.2) is 0 Å². The summed E-state index contributed by atoms with van der Waals surface area (Å²) in [4.78, 5) is 0. The second-order valence-corrected chi connectivity index (χ2v) is 5.66. The summed E-state index contributed by atoms with van der Waals surface area (Å²) in [6.07, 6.45) is 1.60. The van der Waals surface area contributed by atoms with Crippen molar-refractivity contribution in [2.75, 3.05) is 19.0 Å². The van der Waals surface area contributed by atoms with Crippen molar-refractivity contribution in [3.05, 3.63) is 0 Å². The molecule has 1 aliphatic rings. The molecule has 1 saturated heterocycles. The molecule has 1 rings (SSSR count). The van der Waals surface area contributed by atoms with E-state index < -0.39 is 9.05 Å². The van der Waals surface area contributed by atoms with Gasteiger partial charge in [0.2, 0.25) is 9.05 Å². The number of ether oxygens (including phenoxy) is 1. The number of hydrogen-bond donors (Lipinski definition) is 0. The lowest BCUT2D eigenvalue weighted by Gasteiger charge is -2.03. The van der Waals surface area contributed by atoms with Crippen LogP contribution in [0.2, 0.25) is 0 Å². The van der Waals surface area contributed by atoms with Gasteiger partial charge in [0, 0.05) is 23.9 Å². The van der Waals surface area contributed by atoms with Crippen LogP contribution in [0.25, 0.3) is 0 Å². The van der Waals surface area contributed by atoms with E-state index in [1.807, 2.05) is 0 Å². The highest BCUT2D eigenvalue weighted by Crippen LogP contribution is 2.17. The van der Waals surface area contributed by atoms with Crippen molar-refractivity contribution >= 4 is 19.7 Å². The van der Waals surface area contributed by atoms with E-state index in [1.54, 1.807) is 0 Å². The molecule has 0 N–H and O–H groups in total. The molecule has 0 spiro atoms. The zero-order chi connectivity index (χ0) is 8.32. The zero-order valence-electron chi connectivity index (χ0n) is 6.12. The Kier molecular flexibility index (Phi) is 3.16. The fourth-order valence-corrected chi connectivity index (χ4v) is 2.00. The predicted octanol–water partition coefficient (Wildman–Crippen LogP) is 0.982.